The van der Waals surface area contributed by atoms with E-state index in [1.807, 2.05) is 24.3 Å². The number of nitrogens with zero attached hydrogens (tertiary/aromatic N) is 1. The lowest BCUT2D eigenvalue weighted by Crippen LogP contribution is -2.32. The van der Waals surface area contributed by atoms with E-state index in [0.717, 1.165) is 22.9 Å². The average molecular weight is 379 g/mol. The lowest BCUT2D eigenvalue weighted by molar-refractivity contribution is -0.275. The number of carbonyl (C=O) groups is 1. The Balaban J connectivity index is 1.63. The van der Waals surface area contributed by atoms with Crippen LogP contribution in [-0.4, -0.2) is 17.3 Å². The predicted molar refractivity (Wildman–Crippen MR) is 91.3 cm³/mol. The van der Waals surface area contributed by atoms with Gasteiger partial charge in [-0.1, -0.05) is 30.3 Å². The Kier molecular flexibility index (Phi) is 5.29. The summed E-state index contributed by atoms with van der Waals surface area (Å²) < 4.78 is 41.1. The largest absolute Gasteiger partial charge is 0.573 e. The monoisotopic (exact) mass is 379 g/mol. The van der Waals surface area contributed by atoms with Crippen molar-refractivity contribution in [1.29, 1.82) is 0 Å². The van der Waals surface area contributed by atoms with Crippen molar-refractivity contribution in [1.82, 2.24) is 15.2 Å². The Hall–Kier alpha value is -2.78. The van der Waals surface area contributed by atoms with Crippen molar-refractivity contribution in [2.24, 2.45) is 0 Å². The highest BCUT2D eigenvalue weighted by Gasteiger charge is 2.32. The number of hydrogen-bond acceptors (Lipinski definition) is 5. The fraction of sp³-hybridized carbons (Fsp3) is 0.0588. The predicted octanol–water partition coefficient (Wildman–Crippen LogP) is 4.08. The number of hydrazine groups is 1. The van der Waals surface area contributed by atoms with Crippen LogP contribution in [0.3, 0.4) is 0 Å². The SMILES string of the molecule is O=C(NNSc1ccccc1OC(F)(F)F)c1cnc2ccccc2c1. The van der Waals surface area contributed by atoms with Gasteiger partial charge in [-0.25, -0.2) is 0 Å². The summed E-state index contributed by atoms with van der Waals surface area (Å²) in [5.41, 5.74) is 3.47. The molecule has 0 aliphatic heterocycles. The third-order valence-corrected chi connectivity index (χ3v) is 4.01. The molecule has 0 atom stereocenters. The summed E-state index contributed by atoms with van der Waals surface area (Å²) in [6.07, 6.45) is -3.37. The number of nitrogens with one attached hydrogen (secondary N) is 2. The molecule has 9 heteroatoms. The minimum absolute atomic E-state index is 0.168. The molecule has 0 unspecified atom stereocenters. The molecule has 26 heavy (non-hydrogen) atoms. The molecule has 1 amide bonds. The van der Waals surface area contributed by atoms with Gasteiger partial charge in [-0.2, -0.15) is 4.83 Å². The van der Waals surface area contributed by atoms with E-state index in [2.05, 4.69) is 20.0 Å². The summed E-state index contributed by atoms with van der Waals surface area (Å²) in [7, 11) is 0. The number of hydrogen-bond donors (Lipinski definition) is 2. The minimum atomic E-state index is -4.79. The summed E-state index contributed by atoms with van der Waals surface area (Å²) in [5, 5.41) is 0.803. The van der Waals surface area contributed by atoms with Gasteiger partial charge in [0.1, 0.15) is 5.75 Å². The second-order valence-corrected chi connectivity index (χ2v) is 5.92. The number of amides is 1. The first-order valence-electron chi connectivity index (χ1n) is 7.34. The van der Waals surface area contributed by atoms with Gasteiger partial charge in [0.25, 0.3) is 5.91 Å². The van der Waals surface area contributed by atoms with Gasteiger partial charge in [0.2, 0.25) is 0 Å². The molecule has 2 aromatic carbocycles. The standard InChI is InChI=1S/C17H12F3N3O2S/c18-17(19,20)25-14-7-3-4-8-15(14)26-23-22-16(24)12-9-11-5-1-2-6-13(11)21-10-12/h1-10,23H,(H,22,24). The molecular formula is C17H12F3N3O2S. The summed E-state index contributed by atoms with van der Waals surface area (Å²) in [5.74, 6) is -0.830. The number of carbonyl (C=O) groups excluding carboxylic acids is 1. The number of rotatable bonds is 5. The first-order chi connectivity index (χ1) is 12.4. The lowest BCUT2D eigenvalue weighted by atomic mass is 10.1. The van der Waals surface area contributed by atoms with Crippen molar-refractivity contribution in [3.05, 3.63) is 66.4 Å². The van der Waals surface area contributed by atoms with Gasteiger partial charge in [0.05, 0.1) is 16.0 Å². The van der Waals surface area contributed by atoms with Crippen LogP contribution in [0.1, 0.15) is 10.4 Å². The number of benzene rings is 2. The summed E-state index contributed by atoms with van der Waals surface area (Å²) in [6, 6.07) is 14.6. The Morgan fingerprint density at radius 2 is 1.81 bits per heavy atom. The van der Waals surface area contributed by atoms with Crippen LogP contribution in [0.5, 0.6) is 5.75 Å². The topological polar surface area (TPSA) is 63.2 Å². The first kappa shape index (κ1) is 18.0. The molecule has 0 saturated carbocycles. The summed E-state index contributed by atoms with van der Waals surface area (Å²) in [4.78, 5) is 19.0. The maximum absolute atomic E-state index is 12.4. The van der Waals surface area contributed by atoms with Crippen molar-refractivity contribution in [3.63, 3.8) is 0 Å². The second kappa shape index (κ2) is 7.63. The Morgan fingerprint density at radius 3 is 2.62 bits per heavy atom. The summed E-state index contributed by atoms with van der Waals surface area (Å²) in [6.45, 7) is 0. The van der Waals surface area contributed by atoms with E-state index in [1.54, 1.807) is 12.1 Å². The van der Waals surface area contributed by atoms with Gasteiger partial charge >= 0.3 is 6.36 Å². The van der Waals surface area contributed by atoms with Gasteiger partial charge in [0.15, 0.2) is 0 Å². The molecule has 0 fully saturated rings. The molecule has 0 bridgehead atoms. The zero-order valence-electron chi connectivity index (χ0n) is 13.1. The van der Waals surface area contributed by atoms with E-state index in [0.29, 0.717) is 5.56 Å². The van der Waals surface area contributed by atoms with Crippen LogP contribution >= 0.6 is 11.9 Å². The molecule has 0 spiro atoms. The quantitative estimate of drug-likeness (QED) is 0.517. The number of aromatic nitrogens is 1. The molecular weight excluding hydrogens is 367 g/mol. The number of alkyl halides is 3. The first-order valence-corrected chi connectivity index (χ1v) is 8.16. The Labute approximate surface area is 150 Å². The van der Waals surface area contributed by atoms with Crippen LogP contribution in [0, 0.1) is 0 Å². The smallest absolute Gasteiger partial charge is 0.405 e. The maximum Gasteiger partial charge on any atom is 0.573 e. The fourth-order valence-corrected chi connectivity index (χ4v) is 2.75. The van der Waals surface area contributed by atoms with Crippen molar-refractivity contribution < 1.29 is 22.7 Å². The third-order valence-electron chi connectivity index (χ3n) is 3.25. The molecule has 0 aliphatic rings. The van der Waals surface area contributed by atoms with Gasteiger partial charge in [-0.15, -0.1) is 13.2 Å². The number of ether oxygens (including phenoxy) is 1. The molecule has 134 valence electrons. The van der Waals surface area contributed by atoms with E-state index in [4.69, 9.17) is 0 Å². The number of fused-ring (bicyclic) bond motifs is 1. The van der Waals surface area contributed by atoms with Gasteiger partial charge < -0.3 is 4.74 Å². The molecule has 0 aliphatic carbocycles. The Morgan fingerprint density at radius 1 is 1.08 bits per heavy atom. The van der Waals surface area contributed by atoms with E-state index < -0.39 is 12.3 Å². The van der Waals surface area contributed by atoms with Crippen LogP contribution in [0.25, 0.3) is 10.9 Å². The van der Waals surface area contributed by atoms with E-state index in [1.165, 1.54) is 24.4 Å². The van der Waals surface area contributed by atoms with Crippen molar-refractivity contribution in [2.45, 2.75) is 11.3 Å². The number of para-hydroxylation sites is 2. The zero-order valence-corrected chi connectivity index (χ0v) is 13.9. The van der Waals surface area contributed by atoms with Crippen molar-refractivity contribution in [3.8, 4) is 5.75 Å². The molecule has 5 nitrogen and oxygen atoms in total. The average Bonchev–Trinajstić information content (AvgIpc) is 2.61. The molecule has 1 heterocycles. The van der Waals surface area contributed by atoms with Crippen molar-refractivity contribution in [2.75, 3.05) is 0 Å². The second-order valence-electron chi connectivity index (χ2n) is 5.07. The van der Waals surface area contributed by atoms with Gasteiger partial charge in [0, 0.05) is 11.6 Å². The molecule has 3 aromatic rings. The van der Waals surface area contributed by atoms with Crippen LogP contribution < -0.4 is 15.0 Å². The molecule has 0 radical (unpaired) electrons. The minimum Gasteiger partial charge on any atom is -0.405 e. The van der Waals surface area contributed by atoms with Crippen LogP contribution in [0.4, 0.5) is 13.2 Å². The normalized spacial score (nSPS) is 11.3. The van der Waals surface area contributed by atoms with Crippen LogP contribution in [0.15, 0.2) is 65.7 Å². The molecule has 1 aromatic heterocycles. The van der Waals surface area contributed by atoms with Gasteiger partial charge in [-0.3, -0.25) is 15.2 Å². The summed E-state index contributed by atoms with van der Waals surface area (Å²) >= 11 is 0.787. The van der Waals surface area contributed by atoms with Crippen LogP contribution in [-0.2, 0) is 0 Å². The van der Waals surface area contributed by atoms with Gasteiger partial charge in [-0.05, 0) is 36.2 Å². The highest BCUT2D eigenvalue weighted by molar-refractivity contribution is 7.97. The fourth-order valence-electron chi connectivity index (χ4n) is 2.14. The molecule has 0 saturated heterocycles. The zero-order chi connectivity index (χ0) is 18.6. The molecule has 2 N–H and O–H groups in total. The van der Waals surface area contributed by atoms with E-state index >= 15 is 0 Å². The number of pyridine rings is 1. The highest BCUT2D eigenvalue weighted by Crippen LogP contribution is 2.31. The highest BCUT2D eigenvalue weighted by atomic mass is 32.2. The van der Waals surface area contributed by atoms with E-state index in [-0.39, 0.29) is 10.6 Å². The molecule has 3 rings (SSSR count). The van der Waals surface area contributed by atoms with E-state index in [9.17, 15) is 18.0 Å². The maximum atomic E-state index is 12.4. The lowest BCUT2D eigenvalue weighted by Gasteiger charge is -2.13. The Bertz CT molecular complexity index is 934. The number of halogens is 3. The third kappa shape index (κ3) is 4.64. The van der Waals surface area contributed by atoms with Crippen LogP contribution in [0.2, 0.25) is 0 Å². The van der Waals surface area contributed by atoms with Crippen molar-refractivity contribution >= 4 is 28.8 Å².